The van der Waals surface area contributed by atoms with Gasteiger partial charge >= 0.3 is 0 Å². The Morgan fingerprint density at radius 2 is 1.88 bits per heavy atom. The summed E-state index contributed by atoms with van der Waals surface area (Å²) in [5.41, 5.74) is 3.70. The first-order chi connectivity index (χ1) is 11.5. The van der Waals surface area contributed by atoms with Crippen LogP contribution in [0.5, 0.6) is 0 Å². The molecule has 0 aliphatic heterocycles. The standard InChI is InChI=1S/C18H22N6/c1-11(2)15-9-17(24-23-15)16-10-18(22-13(4)21-16)20-12(3)14-7-5-6-8-19-14/h5-12H,1-4H3,(H,23,24)(H,20,21,22)/t12-/m1/s1. The van der Waals surface area contributed by atoms with Gasteiger partial charge in [-0.2, -0.15) is 5.10 Å². The summed E-state index contributed by atoms with van der Waals surface area (Å²) in [6.07, 6.45) is 1.79. The van der Waals surface area contributed by atoms with Crippen molar-refractivity contribution in [1.29, 1.82) is 0 Å². The van der Waals surface area contributed by atoms with Crippen molar-refractivity contribution >= 4 is 5.82 Å². The number of aromatic amines is 1. The molecule has 0 radical (unpaired) electrons. The molecule has 0 unspecified atom stereocenters. The molecule has 6 heteroatoms. The third kappa shape index (κ3) is 3.59. The molecule has 2 N–H and O–H groups in total. The van der Waals surface area contributed by atoms with E-state index < -0.39 is 0 Å². The summed E-state index contributed by atoms with van der Waals surface area (Å²) < 4.78 is 0. The van der Waals surface area contributed by atoms with E-state index in [0.29, 0.717) is 11.7 Å². The van der Waals surface area contributed by atoms with E-state index in [-0.39, 0.29) is 6.04 Å². The molecule has 0 fully saturated rings. The Kier molecular flexibility index (Phi) is 4.55. The van der Waals surface area contributed by atoms with E-state index in [2.05, 4.69) is 51.2 Å². The van der Waals surface area contributed by atoms with Crippen LogP contribution in [0, 0.1) is 6.92 Å². The van der Waals surface area contributed by atoms with Gasteiger partial charge in [-0.1, -0.05) is 19.9 Å². The van der Waals surface area contributed by atoms with Crippen molar-refractivity contribution in [1.82, 2.24) is 25.1 Å². The Morgan fingerprint density at radius 3 is 2.54 bits per heavy atom. The minimum atomic E-state index is 0.0544. The predicted octanol–water partition coefficient (Wildman–Crippen LogP) is 3.87. The summed E-state index contributed by atoms with van der Waals surface area (Å²) in [5.74, 6) is 1.87. The number of rotatable bonds is 5. The molecule has 0 saturated heterocycles. The first-order valence-electron chi connectivity index (χ1n) is 8.11. The Hall–Kier alpha value is -2.76. The molecule has 0 aliphatic rings. The molecule has 124 valence electrons. The number of H-pyrrole nitrogens is 1. The van der Waals surface area contributed by atoms with Crippen LogP contribution < -0.4 is 5.32 Å². The molecule has 3 aromatic heterocycles. The molecular formula is C18H22N6. The molecule has 0 saturated carbocycles. The Balaban J connectivity index is 1.86. The molecule has 3 rings (SSSR count). The fourth-order valence-electron chi connectivity index (χ4n) is 2.46. The first kappa shape index (κ1) is 16.1. The van der Waals surface area contributed by atoms with Crippen LogP contribution in [0.3, 0.4) is 0 Å². The molecular weight excluding hydrogens is 300 g/mol. The fraction of sp³-hybridized carbons (Fsp3) is 0.333. The third-order valence-corrected chi connectivity index (χ3v) is 3.82. The van der Waals surface area contributed by atoms with E-state index in [9.17, 15) is 0 Å². The van der Waals surface area contributed by atoms with Gasteiger partial charge in [0, 0.05) is 18.0 Å². The SMILES string of the molecule is Cc1nc(N[C@H](C)c2ccccn2)cc(-c2cc(C(C)C)[nH]n2)n1. The quantitative estimate of drug-likeness (QED) is 0.745. The van der Waals surface area contributed by atoms with Crippen molar-refractivity contribution in [2.24, 2.45) is 0 Å². The Labute approximate surface area is 141 Å². The number of nitrogens with zero attached hydrogens (tertiary/aromatic N) is 4. The first-order valence-corrected chi connectivity index (χ1v) is 8.11. The number of aryl methyl sites for hydroxylation is 1. The van der Waals surface area contributed by atoms with Gasteiger partial charge in [-0.25, -0.2) is 9.97 Å². The van der Waals surface area contributed by atoms with Crippen LogP contribution in [0.25, 0.3) is 11.4 Å². The lowest BCUT2D eigenvalue weighted by Crippen LogP contribution is -2.10. The second-order valence-electron chi connectivity index (χ2n) is 6.17. The van der Waals surface area contributed by atoms with Crippen LogP contribution in [0.4, 0.5) is 5.82 Å². The lowest BCUT2D eigenvalue weighted by Gasteiger charge is -2.14. The van der Waals surface area contributed by atoms with Crippen molar-refractivity contribution in [3.63, 3.8) is 0 Å². The van der Waals surface area contributed by atoms with E-state index in [1.54, 1.807) is 6.20 Å². The van der Waals surface area contributed by atoms with Gasteiger partial charge in [-0.05, 0) is 38.0 Å². The Morgan fingerprint density at radius 1 is 1.04 bits per heavy atom. The van der Waals surface area contributed by atoms with Crippen molar-refractivity contribution in [3.05, 3.63) is 53.7 Å². The average Bonchev–Trinajstić information content (AvgIpc) is 3.05. The lowest BCUT2D eigenvalue weighted by atomic mass is 10.1. The summed E-state index contributed by atoms with van der Waals surface area (Å²) in [6.45, 7) is 8.20. The molecule has 1 atom stereocenters. The second-order valence-corrected chi connectivity index (χ2v) is 6.17. The van der Waals surface area contributed by atoms with Crippen LogP contribution >= 0.6 is 0 Å². The second kappa shape index (κ2) is 6.78. The van der Waals surface area contributed by atoms with Gasteiger partial charge in [-0.15, -0.1) is 0 Å². The molecule has 0 aliphatic carbocycles. The number of aromatic nitrogens is 5. The van der Waals surface area contributed by atoms with Crippen molar-refractivity contribution < 1.29 is 0 Å². The zero-order chi connectivity index (χ0) is 17.1. The zero-order valence-electron chi connectivity index (χ0n) is 14.4. The molecule has 6 nitrogen and oxygen atoms in total. The maximum absolute atomic E-state index is 4.51. The monoisotopic (exact) mass is 322 g/mol. The van der Waals surface area contributed by atoms with Crippen LogP contribution in [0.2, 0.25) is 0 Å². The van der Waals surface area contributed by atoms with Gasteiger partial charge in [0.25, 0.3) is 0 Å². The number of anilines is 1. The highest BCUT2D eigenvalue weighted by Crippen LogP contribution is 2.23. The maximum atomic E-state index is 4.51. The van der Waals surface area contributed by atoms with Crippen molar-refractivity contribution in [2.75, 3.05) is 5.32 Å². The van der Waals surface area contributed by atoms with Gasteiger partial charge < -0.3 is 5.32 Å². The van der Waals surface area contributed by atoms with Gasteiger partial charge in [0.1, 0.15) is 17.3 Å². The summed E-state index contributed by atoms with van der Waals surface area (Å²) in [5, 5.41) is 10.8. The molecule has 3 heterocycles. The predicted molar refractivity (Wildman–Crippen MR) is 94.7 cm³/mol. The largest absolute Gasteiger partial charge is 0.362 e. The van der Waals surface area contributed by atoms with Gasteiger partial charge in [0.05, 0.1) is 17.4 Å². The number of hydrogen-bond acceptors (Lipinski definition) is 5. The minimum absolute atomic E-state index is 0.0544. The van der Waals surface area contributed by atoms with Crippen LogP contribution in [0.15, 0.2) is 36.5 Å². The highest BCUT2D eigenvalue weighted by atomic mass is 15.1. The summed E-state index contributed by atoms with van der Waals surface area (Å²) in [6, 6.07) is 9.90. The van der Waals surface area contributed by atoms with E-state index in [1.807, 2.05) is 37.3 Å². The van der Waals surface area contributed by atoms with Crippen LogP contribution in [-0.2, 0) is 0 Å². The summed E-state index contributed by atoms with van der Waals surface area (Å²) >= 11 is 0. The molecule has 0 aromatic carbocycles. The molecule has 0 bridgehead atoms. The molecule has 0 spiro atoms. The molecule has 0 amide bonds. The van der Waals surface area contributed by atoms with Crippen molar-refractivity contribution in [2.45, 2.75) is 39.7 Å². The van der Waals surface area contributed by atoms with Gasteiger partial charge in [-0.3, -0.25) is 10.1 Å². The number of nitrogens with one attached hydrogen (secondary N) is 2. The highest BCUT2D eigenvalue weighted by Gasteiger charge is 2.12. The van der Waals surface area contributed by atoms with E-state index in [1.165, 1.54) is 0 Å². The number of hydrogen-bond donors (Lipinski definition) is 2. The number of pyridine rings is 1. The van der Waals surface area contributed by atoms with Crippen molar-refractivity contribution in [3.8, 4) is 11.4 Å². The maximum Gasteiger partial charge on any atom is 0.130 e. The van der Waals surface area contributed by atoms with Crippen LogP contribution in [-0.4, -0.2) is 25.1 Å². The topological polar surface area (TPSA) is 79.4 Å². The Bertz CT molecular complexity index is 809. The lowest BCUT2D eigenvalue weighted by molar-refractivity contribution is 0.810. The van der Waals surface area contributed by atoms with Crippen LogP contribution in [0.1, 0.15) is 49.9 Å². The molecule has 24 heavy (non-hydrogen) atoms. The minimum Gasteiger partial charge on any atom is -0.362 e. The zero-order valence-corrected chi connectivity index (χ0v) is 14.4. The average molecular weight is 322 g/mol. The summed E-state index contributed by atoms with van der Waals surface area (Å²) in [4.78, 5) is 13.4. The van der Waals surface area contributed by atoms with Gasteiger partial charge in [0.15, 0.2) is 0 Å². The third-order valence-electron chi connectivity index (χ3n) is 3.82. The fourth-order valence-corrected chi connectivity index (χ4v) is 2.46. The van der Waals surface area contributed by atoms with E-state index in [0.717, 1.165) is 28.6 Å². The smallest absolute Gasteiger partial charge is 0.130 e. The summed E-state index contributed by atoms with van der Waals surface area (Å²) in [7, 11) is 0. The normalized spacial score (nSPS) is 12.4. The molecule has 3 aromatic rings. The highest BCUT2D eigenvalue weighted by molar-refractivity contribution is 5.59. The van der Waals surface area contributed by atoms with E-state index in [4.69, 9.17) is 0 Å². The van der Waals surface area contributed by atoms with E-state index >= 15 is 0 Å². The van der Waals surface area contributed by atoms with Gasteiger partial charge in [0.2, 0.25) is 0 Å².